The second-order valence-corrected chi connectivity index (χ2v) is 9.31. The number of ether oxygens (including phenoxy) is 1. The molecule has 0 heterocycles. The minimum Gasteiger partial charge on any atom is -0.378 e. The van der Waals surface area contributed by atoms with Crippen LogP contribution in [0.25, 0.3) is 0 Å². The highest BCUT2D eigenvalue weighted by molar-refractivity contribution is 6.21. The van der Waals surface area contributed by atoms with Crippen LogP contribution in [-0.4, -0.2) is 12.7 Å². The molecule has 0 atom stereocenters. The fourth-order valence-corrected chi connectivity index (χ4v) is 5.21. The molecule has 29 heavy (non-hydrogen) atoms. The second kappa shape index (κ2) is 10.00. The molecular formula is C23H31ClF4O. The molecule has 2 aliphatic rings. The first-order valence-corrected chi connectivity index (χ1v) is 11.3. The van der Waals surface area contributed by atoms with Gasteiger partial charge in [0, 0.05) is 6.61 Å². The predicted molar refractivity (Wildman–Crippen MR) is 107 cm³/mol. The lowest BCUT2D eigenvalue weighted by molar-refractivity contribution is -0.00481. The summed E-state index contributed by atoms with van der Waals surface area (Å²) < 4.78 is 60.5. The molecule has 1 aromatic carbocycles. The predicted octanol–water partition coefficient (Wildman–Crippen LogP) is 7.90. The molecule has 3 rings (SSSR count). The molecule has 1 nitrogen and oxygen atoms in total. The Labute approximate surface area is 176 Å². The molecule has 0 aromatic heterocycles. The van der Waals surface area contributed by atoms with Crippen LogP contribution in [0, 0.1) is 23.5 Å². The maximum Gasteiger partial charge on any atom is 0.353 e. The Hall–Kier alpha value is -0.810. The highest BCUT2D eigenvalue weighted by Crippen LogP contribution is 2.40. The molecule has 164 valence electrons. The van der Waals surface area contributed by atoms with Gasteiger partial charge in [0.25, 0.3) is 0 Å². The average molecular weight is 435 g/mol. The number of halogens is 5. The standard InChI is InChI=1S/C23H31ClF4O/c1-2-3-15-4-6-16(7-5-15)14-29-19-10-8-17(9-11-19)18-12-20(25)22(21(26)13-18)23(24,27)28/h12-13,15-17,19H,2-11,14H2,1H3. The van der Waals surface area contributed by atoms with Gasteiger partial charge in [-0.3, -0.25) is 0 Å². The van der Waals surface area contributed by atoms with Crippen LogP contribution in [0.4, 0.5) is 17.6 Å². The zero-order valence-corrected chi connectivity index (χ0v) is 17.8. The molecule has 2 fully saturated rings. The lowest BCUT2D eigenvalue weighted by Gasteiger charge is -2.32. The van der Waals surface area contributed by atoms with E-state index in [9.17, 15) is 17.6 Å². The topological polar surface area (TPSA) is 9.23 Å². The van der Waals surface area contributed by atoms with Crippen LogP contribution in [0.15, 0.2) is 12.1 Å². The van der Waals surface area contributed by atoms with Crippen molar-refractivity contribution >= 4 is 11.6 Å². The highest BCUT2D eigenvalue weighted by atomic mass is 35.5. The van der Waals surface area contributed by atoms with E-state index in [2.05, 4.69) is 6.92 Å². The van der Waals surface area contributed by atoms with E-state index in [1.165, 1.54) is 38.5 Å². The van der Waals surface area contributed by atoms with E-state index in [1.54, 1.807) is 0 Å². The number of hydrogen-bond donors (Lipinski definition) is 0. The summed E-state index contributed by atoms with van der Waals surface area (Å²) in [5, 5.41) is -4.05. The number of benzene rings is 1. The summed E-state index contributed by atoms with van der Waals surface area (Å²) in [5.41, 5.74) is -0.939. The first-order valence-electron chi connectivity index (χ1n) is 11.0. The van der Waals surface area contributed by atoms with Crippen molar-refractivity contribution < 1.29 is 22.3 Å². The van der Waals surface area contributed by atoms with Crippen LogP contribution in [-0.2, 0) is 10.1 Å². The molecule has 2 saturated carbocycles. The minimum absolute atomic E-state index is 0.0404. The molecule has 0 saturated heterocycles. The van der Waals surface area contributed by atoms with Crippen molar-refractivity contribution in [2.45, 2.75) is 88.5 Å². The van der Waals surface area contributed by atoms with E-state index in [0.717, 1.165) is 50.3 Å². The lowest BCUT2D eigenvalue weighted by Crippen LogP contribution is -2.25. The number of hydrogen-bond acceptors (Lipinski definition) is 1. The monoisotopic (exact) mass is 434 g/mol. The van der Waals surface area contributed by atoms with E-state index in [1.807, 2.05) is 0 Å². The van der Waals surface area contributed by atoms with Gasteiger partial charge in [0.2, 0.25) is 0 Å². The minimum atomic E-state index is -4.05. The fraction of sp³-hybridized carbons (Fsp3) is 0.739. The molecular weight excluding hydrogens is 404 g/mol. The van der Waals surface area contributed by atoms with Crippen LogP contribution in [0.1, 0.15) is 88.2 Å². The summed E-state index contributed by atoms with van der Waals surface area (Å²) in [6.45, 7) is 3.05. The summed E-state index contributed by atoms with van der Waals surface area (Å²) in [6.07, 6.45) is 11.0. The van der Waals surface area contributed by atoms with Gasteiger partial charge in [0.1, 0.15) is 17.2 Å². The highest BCUT2D eigenvalue weighted by Gasteiger charge is 2.36. The van der Waals surface area contributed by atoms with E-state index in [0.29, 0.717) is 11.5 Å². The summed E-state index contributed by atoms with van der Waals surface area (Å²) in [6, 6.07) is 2.02. The fourth-order valence-electron chi connectivity index (χ4n) is 5.03. The van der Waals surface area contributed by atoms with Gasteiger partial charge in [-0.1, -0.05) is 32.6 Å². The molecule has 0 radical (unpaired) electrons. The van der Waals surface area contributed by atoms with Crippen LogP contribution in [0.5, 0.6) is 0 Å². The number of rotatable bonds is 7. The van der Waals surface area contributed by atoms with E-state index >= 15 is 0 Å². The van der Waals surface area contributed by atoms with Crippen LogP contribution < -0.4 is 0 Å². The Morgan fingerprint density at radius 2 is 1.48 bits per heavy atom. The molecule has 6 heteroatoms. The molecule has 0 spiro atoms. The molecule has 0 unspecified atom stereocenters. The van der Waals surface area contributed by atoms with E-state index in [-0.39, 0.29) is 12.0 Å². The largest absolute Gasteiger partial charge is 0.378 e. The number of alkyl halides is 3. The van der Waals surface area contributed by atoms with Crippen molar-refractivity contribution in [3.63, 3.8) is 0 Å². The third-order valence-electron chi connectivity index (χ3n) is 6.72. The Morgan fingerprint density at radius 3 is 2.00 bits per heavy atom. The van der Waals surface area contributed by atoms with Crippen LogP contribution in [0.3, 0.4) is 0 Å². The van der Waals surface area contributed by atoms with Crippen molar-refractivity contribution in [2.75, 3.05) is 6.61 Å². The van der Waals surface area contributed by atoms with Crippen molar-refractivity contribution in [1.29, 1.82) is 0 Å². The normalized spacial score (nSPS) is 28.5. The van der Waals surface area contributed by atoms with Gasteiger partial charge in [-0.2, -0.15) is 8.78 Å². The average Bonchev–Trinajstić information content (AvgIpc) is 2.66. The third-order valence-corrected chi connectivity index (χ3v) is 6.91. The van der Waals surface area contributed by atoms with Gasteiger partial charge < -0.3 is 4.74 Å². The molecule has 1 aromatic rings. The van der Waals surface area contributed by atoms with Gasteiger partial charge in [-0.25, -0.2) is 8.78 Å². The van der Waals surface area contributed by atoms with Gasteiger partial charge in [0.05, 0.1) is 6.10 Å². The van der Waals surface area contributed by atoms with Crippen molar-refractivity contribution in [3.05, 3.63) is 34.9 Å². The Bertz CT molecular complexity index is 636. The van der Waals surface area contributed by atoms with Gasteiger partial charge in [-0.15, -0.1) is 0 Å². The lowest BCUT2D eigenvalue weighted by atomic mass is 9.80. The molecule has 0 N–H and O–H groups in total. The summed E-state index contributed by atoms with van der Waals surface area (Å²) in [5.74, 6) is -1.07. The van der Waals surface area contributed by atoms with E-state index in [4.69, 9.17) is 16.3 Å². The smallest absolute Gasteiger partial charge is 0.353 e. The first kappa shape index (κ1) is 22.9. The van der Waals surface area contributed by atoms with Crippen molar-refractivity contribution in [2.24, 2.45) is 11.8 Å². The Morgan fingerprint density at radius 1 is 0.931 bits per heavy atom. The zero-order chi connectivity index (χ0) is 21.0. The van der Waals surface area contributed by atoms with Crippen LogP contribution >= 0.6 is 11.6 Å². The summed E-state index contributed by atoms with van der Waals surface area (Å²) >= 11 is 4.82. The quantitative estimate of drug-likeness (QED) is 0.313. The van der Waals surface area contributed by atoms with Crippen molar-refractivity contribution in [3.8, 4) is 0 Å². The molecule has 0 aliphatic heterocycles. The molecule has 0 amide bonds. The third kappa shape index (κ3) is 6.10. The van der Waals surface area contributed by atoms with Gasteiger partial charge in [0.15, 0.2) is 0 Å². The maximum absolute atomic E-state index is 14.0. The Kier molecular flexibility index (Phi) is 7.88. The first-order chi connectivity index (χ1) is 13.8. The summed E-state index contributed by atoms with van der Waals surface area (Å²) in [4.78, 5) is 0. The summed E-state index contributed by atoms with van der Waals surface area (Å²) in [7, 11) is 0. The SMILES string of the molecule is CCCC1CCC(COC2CCC(c3cc(F)c(C(F)(F)Cl)c(F)c3)CC2)CC1. The van der Waals surface area contributed by atoms with E-state index < -0.39 is 22.6 Å². The van der Waals surface area contributed by atoms with Crippen LogP contribution in [0.2, 0.25) is 0 Å². The maximum atomic E-state index is 14.0. The zero-order valence-electron chi connectivity index (χ0n) is 17.0. The van der Waals surface area contributed by atoms with Gasteiger partial charge >= 0.3 is 5.38 Å². The molecule has 0 bridgehead atoms. The second-order valence-electron chi connectivity index (χ2n) is 8.84. The Balaban J connectivity index is 1.46. The molecule has 2 aliphatic carbocycles. The van der Waals surface area contributed by atoms with Gasteiger partial charge in [-0.05, 0) is 85.6 Å². The van der Waals surface area contributed by atoms with Crippen molar-refractivity contribution in [1.82, 2.24) is 0 Å².